The second-order valence-electron chi connectivity index (χ2n) is 5.48. The van der Waals surface area contributed by atoms with E-state index in [9.17, 15) is 13.2 Å². The summed E-state index contributed by atoms with van der Waals surface area (Å²) in [6.07, 6.45) is 3.15. The van der Waals surface area contributed by atoms with Crippen molar-refractivity contribution in [3.05, 3.63) is 28.8 Å². The first-order chi connectivity index (χ1) is 9.21. The van der Waals surface area contributed by atoms with Crippen LogP contribution in [0.25, 0.3) is 0 Å². The number of nitrogens with two attached hydrogens (primary N) is 1. The fraction of sp³-hybridized carbons (Fsp3) is 0.500. The van der Waals surface area contributed by atoms with Gasteiger partial charge in [0, 0.05) is 18.7 Å². The molecule has 1 fully saturated rings. The molecule has 1 amide bonds. The van der Waals surface area contributed by atoms with Gasteiger partial charge in [-0.1, -0.05) is 6.07 Å². The number of rotatable bonds is 3. The van der Waals surface area contributed by atoms with E-state index in [-0.39, 0.29) is 16.8 Å². The highest BCUT2D eigenvalue weighted by atomic mass is 32.2. The first-order valence-corrected chi connectivity index (χ1v) is 8.17. The van der Waals surface area contributed by atoms with Crippen LogP contribution in [0.4, 0.5) is 0 Å². The van der Waals surface area contributed by atoms with Crippen molar-refractivity contribution in [2.75, 3.05) is 7.05 Å². The molecule has 0 aromatic heterocycles. The number of hydrogen-bond acceptors (Lipinski definition) is 3. The largest absolute Gasteiger partial charge is 0.339 e. The van der Waals surface area contributed by atoms with Gasteiger partial charge in [-0.2, -0.15) is 0 Å². The van der Waals surface area contributed by atoms with E-state index in [1.54, 1.807) is 24.9 Å². The number of carbonyl (C=O) groups excluding carboxylic acids is 1. The van der Waals surface area contributed by atoms with Gasteiger partial charge in [0.05, 0.1) is 4.90 Å². The first-order valence-electron chi connectivity index (χ1n) is 6.63. The Morgan fingerprint density at radius 2 is 1.85 bits per heavy atom. The molecule has 5 nitrogen and oxygen atoms in total. The second kappa shape index (κ2) is 5.18. The molecule has 0 spiro atoms. The van der Waals surface area contributed by atoms with Crippen molar-refractivity contribution in [3.8, 4) is 0 Å². The summed E-state index contributed by atoms with van der Waals surface area (Å²) in [4.78, 5) is 14.2. The molecule has 20 heavy (non-hydrogen) atoms. The predicted octanol–water partition coefficient (Wildman–Crippen LogP) is 1.58. The number of primary sulfonamides is 1. The number of hydrogen-bond donors (Lipinski definition) is 1. The third-order valence-electron chi connectivity index (χ3n) is 4.00. The van der Waals surface area contributed by atoms with Crippen LogP contribution in [-0.4, -0.2) is 32.3 Å². The number of aryl methyl sites for hydroxylation is 2. The van der Waals surface area contributed by atoms with Crippen LogP contribution in [0.2, 0.25) is 0 Å². The Bertz CT molecular complexity index is 649. The van der Waals surface area contributed by atoms with Gasteiger partial charge in [-0.05, 0) is 50.3 Å². The summed E-state index contributed by atoms with van der Waals surface area (Å²) in [6, 6.07) is 3.36. The molecule has 110 valence electrons. The Morgan fingerprint density at radius 3 is 2.30 bits per heavy atom. The van der Waals surface area contributed by atoms with Crippen molar-refractivity contribution in [3.63, 3.8) is 0 Å². The molecular formula is C14H20N2O3S. The Kier molecular flexibility index (Phi) is 3.88. The molecule has 1 aromatic carbocycles. The molecule has 0 bridgehead atoms. The lowest BCUT2D eigenvalue weighted by atomic mass is 9.91. The summed E-state index contributed by atoms with van der Waals surface area (Å²) >= 11 is 0. The van der Waals surface area contributed by atoms with Crippen LogP contribution in [0.15, 0.2) is 17.0 Å². The molecule has 0 unspecified atom stereocenters. The minimum Gasteiger partial charge on any atom is -0.339 e. The zero-order valence-corrected chi connectivity index (χ0v) is 12.8. The minimum absolute atomic E-state index is 0.0217. The van der Waals surface area contributed by atoms with Crippen molar-refractivity contribution >= 4 is 15.9 Å². The first kappa shape index (κ1) is 15.0. The highest BCUT2D eigenvalue weighted by Gasteiger charge is 2.28. The van der Waals surface area contributed by atoms with Gasteiger partial charge in [-0.25, -0.2) is 13.6 Å². The van der Waals surface area contributed by atoms with Crippen LogP contribution in [0.1, 0.15) is 40.7 Å². The molecule has 1 saturated carbocycles. The van der Waals surface area contributed by atoms with Crippen molar-refractivity contribution in [1.29, 1.82) is 0 Å². The topological polar surface area (TPSA) is 80.5 Å². The van der Waals surface area contributed by atoms with Gasteiger partial charge < -0.3 is 4.90 Å². The van der Waals surface area contributed by atoms with Gasteiger partial charge in [-0.3, -0.25) is 4.79 Å². The van der Waals surface area contributed by atoms with Crippen LogP contribution in [0.3, 0.4) is 0 Å². The van der Waals surface area contributed by atoms with E-state index in [2.05, 4.69) is 0 Å². The second-order valence-corrected chi connectivity index (χ2v) is 7.01. The zero-order chi connectivity index (χ0) is 15.1. The smallest absolute Gasteiger partial charge is 0.254 e. The van der Waals surface area contributed by atoms with E-state index in [4.69, 9.17) is 5.14 Å². The van der Waals surface area contributed by atoms with E-state index in [0.717, 1.165) is 24.8 Å². The molecule has 1 aliphatic carbocycles. The normalized spacial score (nSPS) is 15.8. The Hall–Kier alpha value is -1.40. The van der Waals surface area contributed by atoms with E-state index < -0.39 is 10.0 Å². The van der Waals surface area contributed by atoms with Gasteiger partial charge >= 0.3 is 0 Å². The summed E-state index contributed by atoms with van der Waals surface area (Å²) in [7, 11) is -2.05. The lowest BCUT2D eigenvalue weighted by molar-refractivity contribution is 0.0651. The Balaban J connectivity index is 2.43. The summed E-state index contributed by atoms with van der Waals surface area (Å²) < 4.78 is 23.1. The van der Waals surface area contributed by atoms with Crippen molar-refractivity contribution in [2.45, 2.75) is 44.0 Å². The molecule has 0 aliphatic heterocycles. The molecule has 0 radical (unpaired) electrons. The molecule has 2 N–H and O–H groups in total. The Morgan fingerprint density at radius 1 is 1.25 bits per heavy atom. The Labute approximate surface area is 119 Å². The standard InChI is InChI=1S/C14H20N2O3S/c1-9-7-10(2)13(20(15,18)19)8-12(9)14(17)16(3)11-5-4-6-11/h7-8,11H,4-6H2,1-3H3,(H2,15,18,19). The molecule has 6 heteroatoms. The number of amides is 1. The monoisotopic (exact) mass is 296 g/mol. The summed E-state index contributed by atoms with van der Waals surface area (Å²) in [5.74, 6) is -0.142. The average molecular weight is 296 g/mol. The molecule has 2 rings (SSSR count). The van der Waals surface area contributed by atoms with E-state index in [0.29, 0.717) is 11.1 Å². The fourth-order valence-electron chi connectivity index (χ4n) is 2.50. The SMILES string of the molecule is Cc1cc(C)c(S(N)(=O)=O)cc1C(=O)N(C)C1CCC1. The maximum Gasteiger partial charge on any atom is 0.254 e. The van der Waals surface area contributed by atoms with Gasteiger partial charge in [0.1, 0.15) is 0 Å². The third-order valence-corrected chi connectivity index (χ3v) is 5.05. The van der Waals surface area contributed by atoms with Crippen LogP contribution in [0.5, 0.6) is 0 Å². The maximum absolute atomic E-state index is 12.5. The van der Waals surface area contributed by atoms with Crippen LogP contribution >= 0.6 is 0 Å². The molecule has 1 aliphatic rings. The predicted molar refractivity (Wildman–Crippen MR) is 77.0 cm³/mol. The highest BCUT2D eigenvalue weighted by molar-refractivity contribution is 7.89. The van der Waals surface area contributed by atoms with E-state index in [1.165, 1.54) is 6.07 Å². The van der Waals surface area contributed by atoms with Crippen molar-refractivity contribution in [1.82, 2.24) is 4.90 Å². The van der Waals surface area contributed by atoms with E-state index >= 15 is 0 Å². The highest BCUT2D eigenvalue weighted by Crippen LogP contribution is 2.27. The van der Waals surface area contributed by atoms with E-state index in [1.807, 2.05) is 6.92 Å². The molecule has 1 aromatic rings. The lowest BCUT2D eigenvalue weighted by Crippen LogP contribution is -2.41. The third kappa shape index (κ3) is 2.71. The quantitative estimate of drug-likeness (QED) is 0.919. The summed E-state index contributed by atoms with van der Waals surface area (Å²) in [5.41, 5.74) is 1.74. The zero-order valence-electron chi connectivity index (χ0n) is 12.0. The molecule has 0 atom stereocenters. The number of carbonyl (C=O) groups is 1. The number of sulfonamides is 1. The minimum atomic E-state index is -3.81. The number of nitrogens with zero attached hydrogens (tertiary/aromatic N) is 1. The van der Waals surface area contributed by atoms with Crippen LogP contribution in [0, 0.1) is 13.8 Å². The van der Waals surface area contributed by atoms with Gasteiger partial charge in [-0.15, -0.1) is 0 Å². The lowest BCUT2D eigenvalue weighted by Gasteiger charge is -2.35. The van der Waals surface area contributed by atoms with Crippen LogP contribution < -0.4 is 5.14 Å². The summed E-state index contributed by atoms with van der Waals surface area (Å²) in [5, 5.41) is 5.20. The van der Waals surface area contributed by atoms with Crippen molar-refractivity contribution < 1.29 is 13.2 Å². The molecule has 0 heterocycles. The van der Waals surface area contributed by atoms with Gasteiger partial charge in [0.2, 0.25) is 10.0 Å². The van der Waals surface area contributed by atoms with Crippen LogP contribution in [-0.2, 0) is 10.0 Å². The van der Waals surface area contributed by atoms with Crippen molar-refractivity contribution in [2.24, 2.45) is 5.14 Å². The van der Waals surface area contributed by atoms with Gasteiger partial charge in [0.15, 0.2) is 0 Å². The van der Waals surface area contributed by atoms with Gasteiger partial charge in [0.25, 0.3) is 5.91 Å². The maximum atomic E-state index is 12.5. The molecular weight excluding hydrogens is 276 g/mol. The fourth-order valence-corrected chi connectivity index (χ4v) is 3.29. The summed E-state index contributed by atoms with van der Waals surface area (Å²) in [6.45, 7) is 3.48. The average Bonchev–Trinajstić information content (AvgIpc) is 2.23. The number of benzene rings is 1. The molecule has 0 saturated heterocycles.